The van der Waals surface area contributed by atoms with Crippen molar-refractivity contribution in [3.8, 4) is 0 Å². The maximum Gasteiger partial charge on any atom is 0.225 e. The van der Waals surface area contributed by atoms with E-state index in [4.69, 9.17) is 0 Å². The molecule has 1 aliphatic rings. The van der Waals surface area contributed by atoms with Crippen molar-refractivity contribution in [3.63, 3.8) is 0 Å². The molecular formula is C17H21FN4O3. The van der Waals surface area contributed by atoms with Gasteiger partial charge in [-0.1, -0.05) is 17.3 Å². The number of carbonyl (C=O) groups is 1. The topological polar surface area (TPSA) is 91.5 Å². The SMILES string of the molecule is CC(C)(O)c1cn(C2CN(C(=O)CC(O)c3cccc(F)c3)C2)nn1. The van der Waals surface area contributed by atoms with Crippen LogP contribution in [0.5, 0.6) is 0 Å². The summed E-state index contributed by atoms with van der Waals surface area (Å²) in [6.45, 7) is 4.18. The van der Waals surface area contributed by atoms with Crippen LogP contribution in [0.15, 0.2) is 30.5 Å². The minimum atomic E-state index is -1.06. The summed E-state index contributed by atoms with van der Waals surface area (Å²) in [7, 11) is 0. The van der Waals surface area contributed by atoms with E-state index in [2.05, 4.69) is 10.3 Å². The molecule has 2 N–H and O–H groups in total. The minimum absolute atomic E-state index is 0.00105. The van der Waals surface area contributed by atoms with Crippen LogP contribution in [0.4, 0.5) is 4.39 Å². The lowest BCUT2D eigenvalue weighted by atomic mass is 10.0. The molecule has 1 saturated heterocycles. The molecule has 1 unspecified atom stereocenters. The predicted octanol–water partition coefficient (Wildman–Crippen LogP) is 1.15. The maximum atomic E-state index is 13.2. The van der Waals surface area contributed by atoms with Crippen molar-refractivity contribution in [1.82, 2.24) is 19.9 Å². The van der Waals surface area contributed by atoms with Gasteiger partial charge in [-0.25, -0.2) is 9.07 Å². The van der Waals surface area contributed by atoms with Crippen LogP contribution in [0.3, 0.4) is 0 Å². The van der Waals surface area contributed by atoms with Crippen LogP contribution in [0.1, 0.15) is 43.7 Å². The quantitative estimate of drug-likeness (QED) is 0.846. The molecule has 8 heteroatoms. The van der Waals surface area contributed by atoms with Gasteiger partial charge >= 0.3 is 0 Å². The molecule has 2 aromatic rings. The van der Waals surface area contributed by atoms with Crippen molar-refractivity contribution in [3.05, 3.63) is 47.5 Å². The maximum absolute atomic E-state index is 13.2. The fourth-order valence-electron chi connectivity index (χ4n) is 2.69. The summed E-state index contributed by atoms with van der Waals surface area (Å²) in [5, 5.41) is 27.9. The van der Waals surface area contributed by atoms with Gasteiger partial charge in [0, 0.05) is 13.1 Å². The van der Waals surface area contributed by atoms with Crippen LogP contribution >= 0.6 is 0 Å². The van der Waals surface area contributed by atoms with Gasteiger partial charge in [-0.15, -0.1) is 5.10 Å². The van der Waals surface area contributed by atoms with Crippen LogP contribution < -0.4 is 0 Å². The number of aromatic nitrogens is 3. The number of amides is 1. The van der Waals surface area contributed by atoms with E-state index in [1.54, 1.807) is 35.7 Å². The first-order valence-corrected chi connectivity index (χ1v) is 8.10. The Kier molecular flexibility index (Phi) is 4.57. The zero-order valence-electron chi connectivity index (χ0n) is 14.1. The Morgan fingerprint density at radius 3 is 2.76 bits per heavy atom. The van der Waals surface area contributed by atoms with E-state index in [1.807, 2.05) is 0 Å². The number of hydrogen-bond acceptors (Lipinski definition) is 5. The van der Waals surface area contributed by atoms with Gasteiger partial charge in [0.25, 0.3) is 0 Å². The average Bonchev–Trinajstić information content (AvgIpc) is 2.95. The van der Waals surface area contributed by atoms with Crippen molar-refractivity contribution in [2.75, 3.05) is 13.1 Å². The van der Waals surface area contributed by atoms with E-state index >= 15 is 0 Å². The summed E-state index contributed by atoms with van der Waals surface area (Å²) < 4.78 is 14.8. The number of hydrogen-bond donors (Lipinski definition) is 2. The van der Waals surface area contributed by atoms with Gasteiger partial charge in [-0.05, 0) is 31.5 Å². The average molecular weight is 348 g/mol. The smallest absolute Gasteiger partial charge is 0.225 e. The Balaban J connectivity index is 1.54. The first-order valence-electron chi connectivity index (χ1n) is 8.10. The molecule has 0 radical (unpaired) electrons. The monoisotopic (exact) mass is 348 g/mol. The second-order valence-electron chi connectivity index (χ2n) is 6.87. The van der Waals surface area contributed by atoms with E-state index in [0.717, 1.165) is 0 Å². The van der Waals surface area contributed by atoms with Gasteiger partial charge in [0.2, 0.25) is 5.91 Å². The summed E-state index contributed by atoms with van der Waals surface area (Å²) in [4.78, 5) is 13.8. The molecule has 0 aliphatic carbocycles. The van der Waals surface area contributed by atoms with Crippen molar-refractivity contribution in [2.24, 2.45) is 0 Å². The largest absolute Gasteiger partial charge is 0.388 e. The lowest BCUT2D eigenvalue weighted by Crippen LogP contribution is -2.51. The van der Waals surface area contributed by atoms with Gasteiger partial charge < -0.3 is 15.1 Å². The number of aliphatic hydroxyl groups excluding tert-OH is 1. The minimum Gasteiger partial charge on any atom is -0.388 e. The van der Waals surface area contributed by atoms with Crippen molar-refractivity contribution in [2.45, 2.75) is 38.0 Å². The Bertz CT molecular complexity index is 765. The molecule has 0 bridgehead atoms. The van der Waals surface area contributed by atoms with Gasteiger partial charge in [-0.2, -0.15) is 0 Å². The molecule has 1 atom stereocenters. The van der Waals surface area contributed by atoms with E-state index in [9.17, 15) is 19.4 Å². The highest BCUT2D eigenvalue weighted by atomic mass is 19.1. The van der Waals surface area contributed by atoms with Crippen molar-refractivity contribution in [1.29, 1.82) is 0 Å². The number of likely N-dealkylation sites (tertiary alicyclic amines) is 1. The number of aliphatic hydroxyl groups is 2. The second kappa shape index (κ2) is 6.53. The fraction of sp³-hybridized carbons (Fsp3) is 0.471. The molecular weight excluding hydrogens is 327 g/mol. The molecule has 7 nitrogen and oxygen atoms in total. The number of rotatable bonds is 5. The standard InChI is InChI=1S/C17H21FN4O3/c1-17(2,25)15-10-22(20-19-15)13-8-21(9-13)16(24)7-14(23)11-4-3-5-12(18)6-11/h3-6,10,13-14,23,25H,7-9H2,1-2H3. The summed E-state index contributed by atoms with van der Waals surface area (Å²) >= 11 is 0. The number of nitrogens with zero attached hydrogens (tertiary/aromatic N) is 4. The van der Waals surface area contributed by atoms with Crippen molar-refractivity contribution < 1.29 is 19.4 Å². The summed E-state index contributed by atoms with van der Waals surface area (Å²) in [6, 6.07) is 5.61. The molecule has 0 saturated carbocycles. The van der Waals surface area contributed by atoms with E-state index in [1.165, 1.54) is 18.2 Å². The third-order valence-electron chi connectivity index (χ3n) is 4.33. The van der Waals surface area contributed by atoms with Gasteiger partial charge in [0.15, 0.2) is 0 Å². The van der Waals surface area contributed by atoms with Crippen molar-refractivity contribution >= 4 is 5.91 Å². The molecule has 134 valence electrons. The normalized spacial score (nSPS) is 16.6. The Labute approximate surface area is 144 Å². The molecule has 3 rings (SSSR count). The lowest BCUT2D eigenvalue weighted by molar-refractivity contribution is -0.139. The second-order valence-corrected chi connectivity index (χ2v) is 6.87. The first-order chi connectivity index (χ1) is 11.7. The summed E-state index contributed by atoms with van der Waals surface area (Å²) in [5.74, 6) is -0.641. The number of halogens is 1. The highest BCUT2D eigenvalue weighted by Crippen LogP contribution is 2.26. The third kappa shape index (κ3) is 3.85. The molecule has 0 spiro atoms. The zero-order chi connectivity index (χ0) is 18.2. The molecule has 2 heterocycles. The first kappa shape index (κ1) is 17.5. The predicted molar refractivity (Wildman–Crippen MR) is 86.9 cm³/mol. The molecule has 1 aromatic carbocycles. The van der Waals surface area contributed by atoms with Gasteiger partial charge in [-0.3, -0.25) is 4.79 Å². The van der Waals surface area contributed by atoms with Crippen LogP contribution in [-0.4, -0.2) is 49.1 Å². The molecule has 1 aromatic heterocycles. The highest BCUT2D eigenvalue weighted by molar-refractivity contribution is 5.77. The van der Waals surface area contributed by atoms with Crippen LogP contribution in [0, 0.1) is 5.82 Å². The van der Waals surface area contributed by atoms with Gasteiger partial charge in [0.1, 0.15) is 17.1 Å². The third-order valence-corrected chi connectivity index (χ3v) is 4.33. The lowest BCUT2D eigenvalue weighted by Gasteiger charge is -2.39. The summed E-state index contributed by atoms with van der Waals surface area (Å²) in [5.41, 5.74) is -0.206. The van der Waals surface area contributed by atoms with Gasteiger partial charge in [0.05, 0.1) is 24.8 Å². The van der Waals surface area contributed by atoms with E-state index in [-0.39, 0.29) is 18.4 Å². The molecule has 25 heavy (non-hydrogen) atoms. The molecule has 1 amide bonds. The fourth-order valence-corrected chi connectivity index (χ4v) is 2.69. The summed E-state index contributed by atoms with van der Waals surface area (Å²) in [6.07, 6.45) is 0.548. The van der Waals surface area contributed by atoms with Crippen LogP contribution in [-0.2, 0) is 10.4 Å². The number of carbonyl (C=O) groups excluding carboxylic acids is 1. The zero-order valence-corrected chi connectivity index (χ0v) is 14.1. The Hall–Kier alpha value is -2.32. The van der Waals surface area contributed by atoms with E-state index in [0.29, 0.717) is 24.3 Å². The number of benzene rings is 1. The Morgan fingerprint density at radius 2 is 2.16 bits per heavy atom. The molecule has 1 fully saturated rings. The van der Waals surface area contributed by atoms with Crippen LogP contribution in [0.25, 0.3) is 0 Å². The van der Waals surface area contributed by atoms with Crippen LogP contribution in [0.2, 0.25) is 0 Å². The highest BCUT2D eigenvalue weighted by Gasteiger charge is 2.34. The van der Waals surface area contributed by atoms with E-state index < -0.39 is 17.5 Å². The Morgan fingerprint density at radius 1 is 1.44 bits per heavy atom. The molecule has 1 aliphatic heterocycles.